The van der Waals surface area contributed by atoms with Gasteiger partial charge in [-0.2, -0.15) is 0 Å². The van der Waals surface area contributed by atoms with E-state index in [1.807, 2.05) is 47.8 Å². The second kappa shape index (κ2) is 17.5. The molecule has 3 aromatic heterocycles. The SMILES string of the molecule is CC(C)Cc1ccc(-c2cc(-c3[c-]c4ccccc4c(C(C)(C)C)c3)nc3sccc23)c2ccoc12.CCC(C)(CC)C(=O)/C=C(\O)C(C)(CC)CC.[Ir]. The number of nitrogens with zero attached hydrogens (tertiary/aromatic N) is 1. The van der Waals surface area contributed by atoms with Crippen LogP contribution in [-0.4, -0.2) is 15.9 Å². The van der Waals surface area contributed by atoms with Crippen molar-refractivity contribution in [3.8, 4) is 22.4 Å². The minimum atomic E-state index is -0.337. The van der Waals surface area contributed by atoms with Crippen molar-refractivity contribution in [1.29, 1.82) is 0 Å². The van der Waals surface area contributed by atoms with Crippen molar-refractivity contribution in [3.05, 3.63) is 101 Å². The summed E-state index contributed by atoms with van der Waals surface area (Å²) in [5.74, 6) is 0.856. The van der Waals surface area contributed by atoms with Crippen molar-refractivity contribution in [1.82, 2.24) is 4.98 Å². The number of rotatable bonds is 11. The molecule has 4 nitrogen and oxygen atoms in total. The second-order valence-electron chi connectivity index (χ2n) is 16.5. The van der Waals surface area contributed by atoms with E-state index in [0.717, 1.165) is 64.5 Å². The summed E-state index contributed by atoms with van der Waals surface area (Å²) in [6, 6.07) is 25.5. The Balaban J connectivity index is 0.000000309. The van der Waals surface area contributed by atoms with Gasteiger partial charge in [-0.25, -0.2) is 0 Å². The maximum atomic E-state index is 12.2. The van der Waals surface area contributed by atoms with E-state index in [0.29, 0.717) is 5.92 Å². The van der Waals surface area contributed by atoms with Gasteiger partial charge < -0.3 is 9.52 Å². The maximum Gasteiger partial charge on any atom is 0.164 e. The molecule has 6 rings (SSSR count). The first-order chi connectivity index (χ1) is 25.1. The molecular formula is C48H58IrNO3S-. The van der Waals surface area contributed by atoms with Crippen LogP contribution in [0, 0.1) is 22.8 Å². The summed E-state index contributed by atoms with van der Waals surface area (Å²) in [6.45, 7) is 23.4. The fourth-order valence-corrected chi connectivity index (χ4v) is 7.73. The summed E-state index contributed by atoms with van der Waals surface area (Å²) in [5.41, 5.74) is 7.36. The van der Waals surface area contributed by atoms with Gasteiger partial charge in [-0.15, -0.1) is 40.5 Å². The van der Waals surface area contributed by atoms with Crippen LogP contribution in [-0.2, 0) is 36.7 Å². The molecule has 0 aliphatic rings. The Bertz CT molecular complexity index is 2240. The van der Waals surface area contributed by atoms with Gasteiger partial charge in [0.25, 0.3) is 0 Å². The first kappa shape index (κ1) is 43.2. The molecule has 6 heteroatoms. The average Bonchev–Trinajstić information content (AvgIpc) is 3.84. The number of furan rings is 1. The van der Waals surface area contributed by atoms with Gasteiger partial charge in [0.15, 0.2) is 5.78 Å². The summed E-state index contributed by atoms with van der Waals surface area (Å²) in [7, 11) is 0. The monoisotopic (exact) mass is 921 g/mol. The smallest absolute Gasteiger partial charge is 0.164 e. The van der Waals surface area contributed by atoms with Crippen LogP contribution in [0.2, 0.25) is 0 Å². The minimum absolute atomic E-state index is 0. The molecule has 3 heterocycles. The van der Waals surface area contributed by atoms with E-state index in [1.165, 1.54) is 39.1 Å². The van der Waals surface area contributed by atoms with Crippen molar-refractivity contribution in [3.63, 3.8) is 0 Å². The largest absolute Gasteiger partial charge is 0.512 e. The Kier molecular flexibility index (Phi) is 14.0. The number of allylic oxidation sites excluding steroid dienone is 2. The van der Waals surface area contributed by atoms with Crippen molar-refractivity contribution in [2.24, 2.45) is 16.7 Å². The minimum Gasteiger partial charge on any atom is -0.512 e. The Morgan fingerprint density at radius 1 is 0.852 bits per heavy atom. The number of benzene rings is 3. The van der Waals surface area contributed by atoms with Gasteiger partial charge in [-0.05, 0) is 77.6 Å². The summed E-state index contributed by atoms with van der Waals surface area (Å²) in [4.78, 5) is 18.3. The van der Waals surface area contributed by atoms with E-state index in [4.69, 9.17) is 9.40 Å². The van der Waals surface area contributed by atoms with Crippen LogP contribution in [0.5, 0.6) is 0 Å². The molecule has 54 heavy (non-hydrogen) atoms. The van der Waals surface area contributed by atoms with E-state index in [-0.39, 0.29) is 47.9 Å². The summed E-state index contributed by atoms with van der Waals surface area (Å²) < 4.78 is 6.00. The van der Waals surface area contributed by atoms with Crippen molar-refractivity contribution in [2.45, 2.75) is 114 Å². The molecule has 3 aromatic carbocycles. The maximum absolute atomic E-state index is 12.2. The van der Waals surface area contributed by atoms with Crippen LogP contribution in [0.4, 0.5) is 0 Å². The Morgan fingerprint density at radius 2 is 1.52 bits per heavy atom. The number of hydrogen-bond acceptors (Lipinski definition) is 5. The second-order valence-corrected chi connectivity index (χ2v) is 17.4. The molecule has 0 fully saturated rings. The molecule has 0 aliphatic heterocycles. The first-order valence-corrected chi connectivity index (χ1v) is 20.3. The average molecular weight is 921 g/mol. The van der Waals surface area contributed by atoms with Gasteiger partial charge in [0.1, 0.15) is 16.2 Å². The topological polar surface area (TPSA) is 63.3 Å². The van der Waals surface area contributed by atoms with Gasteiger partial charge in [0.05, 0.1) is 6.26 Å². The molecule has 0 saturated heterocycles. The Hall–Kier alpha value is -3.57. The third kappa shape index (κ3) is 8.93. The number of carbonyl (C=O) groups excluding carboxylic acids is 1. The molecule has 0 bridgehead atoms. The standard InChI is InChI=1S/C33H30NOS.C15H28O2.Ir/c1-20(2)16-22-10-11-25(26-12-14-35-31(22)26)28-19-30(34-32-27(28)13-15-36-32)23-17-21-8-6-7-9-24(21)29(18-23)33(3,4)5;1-7-14(5,8-2)12(16)11-13(17)15(6,9-3)10-4;/h6-15,18-20H,16H2,1-5H3;11,16H,7-10H2,1-6H3;/q-1;;/b;12-11-;. The molecule has 0 saturated carbocycles. The third-order valence-corrected chi connectivity index (χ3v) is 12.3. The quantitative estimate of drug-likeness (QED) is 0.0799. The fourth-order valence-electron chi connectivity index (χ4n) is 6.94. The summed E-state index contributed by atoms with van der Waals surface area (Å²) in [6.07, 6.45) is 7.57. The number of aromatic nitrogens is 1. The zero-order valence-corrected chi connectivity index (χ0v) is 37.3. The number of aliphatic hydroxyl groups excluding tert-OH is 1. The predicted octanol–water partition coefficient (Wildman–Crippen LogP) is 14.5. The normalized spacial score (nSPS) is 12.6. The van der Waals surface area contributed by atoms with Crippen LogP contribution < -0.4 is 0 Å². The van der Waals surface area contributed by atoms with Gasteiger partial charge >= 0.3 is 0 Å². The predicted molar refractivity (Wildman–Crippen MR) is 227 cm³/mol. The number of carbonyl (C=O) groups is 1. The van der Waals surface area contributed by atoms with Crippen molar-refractivity contribution < 1.29 is 34.4 Å². The number of hydrogen-bond donors (Lipinski definition) is 1. The van der Waals surface area contributed by atoms with E-state index in [1.54, 1.807) is 11.3 Å². The number of aliphatic hydroxyl groups is 1. The number of pyridine rings is 1. The van der Waals surface area contributed by atoms with E-state index in [2.05, 4.69) is 107 Å². The molecule has 289 valence electrons. The van der Waals surface area contributed by atoms with Gasteiger partial charge in [0.2, 0.25) is 0 Å². The molecule has 0 aliphatic carbocycles. The molecule has 1 radical (unpaired) electrons. The zero-order valence-electron chi connectivity index (χ0n) is 34.1. The molecule has 0 amide bonds. The van der Waals surface area contributed by atoms with Crippen LogP contribution in [0.3, 0.4) is 0 Å². The van der Waals surface area contributed by atoms with Crippen LogP contribution in [0.15, 0.2) is 88.6 Å². The van der Waals surface area contributed by atoms with Gasteiger partial charge in [-0.1, -0.05) is 124 Å². The number of thiophene rings is 1. The van der Waals surface area contributed by atoms with Gasteiger partial charge in [-0.3, -0.25) is 9.78 Å². The molecule has 0 spiro atoms. The van der Waals surface area contributed by atoms with Crippen LogP contribution in [0.25, 0.3) is 54.3 Å². The van der Waals surface area contributed by atoms with E-state index >= 15 is 0 Å². The molecule has 0 unspecified atom stereocenters. The molecular weight excluding hydrogens is 863 g/mol. The van der Waals surface area contributed by atoms with Crippen LogP contribution in [0.1, 0.15) is 113 Å². The number of ketones is 1. The van der Waals surface area contributed by atoms with Crippen LogP contribution >= 0.6 is 11.3 Å². The molecule has 0 atom stereocenters. The number of fused-ring (bicyclic) bond motifs is 3. The summed E-state index contributed by atoms with van der Waals surface area (Å²) in [5, 5.41) is 17.0. The summed E-state index contributed by atoms with van der Waals surface area (Å²) >= 11 is 1.69. The van der Waals surface area contributed by atoms with Crippen molar-refractivity contribution in [2.75, 3.05) is 0 Å². The first-order valence-electron chi connectivity index (χ1n) is 19.4. The van der Waals surface area contributed by atoms with Crippen molar-refractivity contribution >= 4 is 49.1 Å². The van der Waals surface area contributed by atoms with E-state index in [9.17, 15) is 9.90 Å². The zero-order chi connectivity index (χ0) is 38.7. The molecule has 1 N–H and O–H groups in total. The Morgan fingerprint density at radius 3 is 2.15 bits per heavy atom. The fraction of sp³-hybridized carbons (Fsp3) is 0.417. The molecule has 6 aromatic rings. The third-order valence-electron chi connectivity index (χ3n) is 11.5. The van der Waals surface area contributed by atoms with E-state index < -0.39 is 0 Å². The Labute approximate surface area is 340 Å². The van der Waals surface area contributed by atoms with Gasteiger partial charge in [0, 0.05) is 53.5 Å².